The Morgan fingerprint density at radius 1 is 0.415 bits per heavy atom. The summed E-state index contributed by atoms with van der Waals surface area (Å²) in [4.78, 5) is 0. The number of para-hydroxylation sites is 2. The summed E-state index contributed by atoms with van der Waals surface area (Å²) >= 11 is 17.6. The smallest absolute Gasteiger partial charge is 0.494 e. The first-order chi connectivity index (χ1) is 45.7. The third-order valence-electron chi connectivity index (χ3n) is 20.0. The van der Waals surface area contributed by atoms with Crippen molar-refractivity contribution in [2.24, 2.45) is 0 Å². The van der Waals surface area contributed by atoms with Crippen LogP contribution in [0, 0.1) is 6.92 Å². The van der Waals surface area contributed by atoms with Gasteiger partial charge in [-0.2, -0.15) is 0 Å². The molecule has 7 nitrogen and oxygen atoms in total. The molecule has 0 spiro atoms. The molecule has 0 amide bonds. The van der Waals surface area contributed by atoms with Gasteiger partial charge in [-0.25, -0.2) is 0 Å². The van der Waals surface area contributed by atoms with Crippen LogP contribution in [0.2, 0.25) is 15.1 Å². The van der Waals surface area contributed by atoms with Crippen molar-refractivity contribution in [3.63, 3.8) is 0 Å². The molecule has 5 heterocycles. The molecule has 17 rings (SSSR count). The number of ether oxygens (including phenoxy) is 5. The topological polar surface area (TPSA) is 64.6 Å². The average molecular weight is 1320 g/mol. The Morgan fingerprint density at radius 2 is 0.840 bits per heavy atom. The molecule has 1 saturated heterocycles. The monoisotopic (exact) mass is 1320 g/mol. The average Bonchev–Trinajstić information content (AvgIpc) is 0.792. The molecule has 2 saturated carbocycles. The van der Waals surface area contributed by atoms with Crippen molar-refractivity contribution < 1.29 is 33.0 Å². The molecule has 0 unspecified atom stereocenters. The van der Waals surface area contributed by atoms with Gasteiger partial charge in [-0.3, -0.25) is 0 Å². The van der Waals surface area contributed by atoms with Crippen LogP contribution < -0.4 is 67.2 Å². The first-order valence-electron chi connectivity index (χ1n) is 33.2. The lowest BCUT2D eigenvalue weighted by atomic mass is 9.34. The van der Waals surface area contributed by atoms with Crippen LogP contribution in [0.5, 0.6) is 51.7 Å². The zero-order valence-electron chi connectivity index (χ0n) is 54.1. The maximum atomic E-state index is 6.46. The SMILES string of the molecule is CC1(C)OB(c2ccc3c(c2)B2c4ccccc4Oc4cccc(c42)O3)OC1(C)C.COc1cccc(C)c1-c1ccccc1P(C1CCCCC1)C1CCCCC1.Clc1ccccc1-c1ccc2c(c1)B1c3ccccc3Oc3cccc(c31)O2.Clc1ccccc1Cl. The van der Waals surface area contributed by atoms with E-state index in [2.05, 4.69) is 120 Å². The Morgan fingerprint density at radius 3 is 1.35 bits per heavy atom. The third-order valence-corrected chi connectivity index (χ3v) is 24.6. The van der Waals surface area contributed by atoms with Crippen LogP contribution in [-0.4, -0.2) is 50.2 Å². The van der Waals surface area contributed by atoms with E-state index in [9.17, 15) is 0 Å². The standard InChI is InChI=1S/C26H35OP.C24H22B2O4.C24H14BClO2.C6H4Cl2/c1-20-12-11-18-24(27-2)26(20)23-17-9-10-19-25(23)28(21-13-5-3-6-14-21)22-15-7-4-8-16-22;1-23(2)24(3,4)30-26(29-23)15-12-13-19-17(14-15)25-16-8-5-6-9-18(16)27-20-10-7-11-21(28-19)22(20)25;26-19-8-3-1-6-16(19)15-12-13-21-18(14-15)25-17-7-2-4-9-20(17)27-22-10-5-11-23(28-21)24(22)25;7-5-3-1-2-4-6(5)8/h9-12,17-19,21-22H,3-8,13-16H2,1-2H3;5-14H,1-4H3;1-14H;1-4H. The van der Waals surface area contributed by atoms with E-state index in [4.69, 9.17) is 67.8 Å². The van der Waals surface area contributed by atoms with Gasteiger partial charge in [0.2, 0.25) is 0 Å². The number of rotatable bonds is 7. The van der Waals surface area contributed by atoms with E-state index in [1.165, 1.54) is 80.9 Å². The van der Waals surface area contributed by atoms with E-state index < -0.39 is 7.12 Å². The fraction of sp³-hybridized carbons (Fsp3) is 0.250. The van der Waals surface area contributed by atoms with Crippen LogP contribution in [0.25, 0.3) is 22.3 Å². The summed E-state index contributed by atoms with van der Waals surface area (Å²) in [5, 5.41) is 3.61. The van der Waals surface area contributed by atoms with E-state index in [0.29, 0.717) is 10.0 Å². The number of hydrogen-bond acceptors (Lipinski definition) is 7. The highest BCUT2D eigenvalue weighted by atomic mass is 35.5. The van der Waals surface area contributed by atoms with Crippen LogP contribution in [0.4, 0.5) is 0 Å². The minimum absolute atomic E-state index is 0.0484. The van der Waals surface area contributed by atoms with Crippen molar-refractivity contribution in [1.82, 2.24) is 0 Å². The molecule has 10 aromatic carbocycles. The van der Waals surface area contributed by atoms with Crippen molar-refractivity contribution >= 4 is 107 Å². The summed E-state index contributed by atoms with van der Waals surface area (Å²) in [6.45, 7) is 10.7. The van der Waals surface area contributed by atoms with Crippen molar-refractivity contribution in [1.29, 1.82) is 0 Å². The van der Waals surface area contributed by atoms with Gasteiger partial charge in [-0.15, -0.1) is 0 Å². The lowest BCUT2D eigenvalue weighted by Gasteiger charge is -2.39. The van der Waals surface area contributed by atoms with Crippen molar-refractivity contribution in [2.75, 3.05) is 7.11 Å². The molecule has 14 heteroatoms. The molecular weight excluding hydrogens is 1240 g/mol. The molecule has 2 aliphatic carbocycles. The first kappa shape index (κ1) is 64.0. The number of methoxy groups -OCH3 is 1. The molecule has 0 radical (unpaired) electrons. The third kappa shape index (κ3) is 12.6. The van der Waals surface area contributed by atoms with Crippen LogP contribution >= 0.6 is 42.7 Å². The normalized spacial score (nSPS) is 16.5. The zero-order chi connectivity index (χ0) is 64.7. The first-order valence-corrected chi connectivity index (χ1v) is 35.8. The van der Waals surface area contributed by atoms with E-state index >= 15 is 0 Å². The van der Waals surface area contributed by atoms with Gasteiger partial charge in [0, 0.05) is 27.1 Å². The Balaban J connectivity index is 0.000000115. The van der Waals surface area contributed by atoms with E-state index in [1.54, 1.807) is 17.4 Å². The van der Waals surface area contributed by atoms with Crippen LogP contribution in [0.1, 0.15) is 97.5 Å². The number of benzene rings is 10. The number of fused-ring (bicyclic) bond motifs is 8. The van der Waals surface area contributed by atoms with Gasteiger partial charge in [0.05, 0.1) is 28.4 Å². The quantitative estimate of drug-likeness (QED) is 0.116. The summed E-state index contributed by atoms with van der Waals surface area (Å²) in [6, 6.07) is 71.9. The molecule has 94 heavy (non-hydrogen) atoms. The fourth-order valence-corrected chi connectivity index (χ4v) is 19.1. The highest BCUT2D eigenvalue weighted by molar-refractivity contribution is 7.67. The summed E-state index contributed by atoms with van der Waals surface area (Å²) in [7, 11) is 1.28. The lowest BCUT2D eigenvalue weighted by Crippen LogP contribution is -2.58. The summed E-state index contributed by atoms with van der Waals surface area (Å²) in [5.74, 6) is 7.96. The fourth-order valence-electron chi connectivity index (χ4n) is 14.7. The van der Waals surface area contributed by atoms with Gasteiger partial charge in [0.25, 0.3) is 13.4 Å². The molecule has 0 aromatic heterocycles. The second kappa shape index (κ2) is 27.4. The Labute approximate surface area is 571 Å². The van der Waals surface area contributed by atoms with Gasteiger partial charge < -0.3 is 33.0 Å². The number of hydrogen-bond donors (Lipinski definition) is 0. The molecule has 0 N–H and O–H groups in total. The van der Waals surface area contributed by atoms with Gasteiger partial charge in [0.1, 0.15) is 51.7 Å². The summed E-state index contributed by atoms with van der Waals surface area (Å²) in [6.07, 6.45) is 14.4. The number of halogens is 3. The molecular formula is C80H75B3Cl3O7P. The van der Waals surface area contributed by atoms with Crippen molar-refractivity contribution in [2.45, 2.75) is 121 Å². The largest absolute Gasteiger partial charge is 0.496 e. The van der Waals surface area contributed by atoms with Crippen molar-refractivity contribution in [3.05, 3.63) is 233 Å². The van der Waals surface area contributed by atoms with Gasteiger partial charge in [-0.1, -0.05) is 221 Å². The minimum Gasteiger partial charge on any atom is -0.496 e. The van der Waals surface area contributed by atoms with Gasteiger partial charge in [-0.05, 0) is 194 Å². The van der Waals surface area contributed by atoms with E-state index in [-0.39, 0.29) is 32.5 Å². The second-order valence-electron chi connectivity index (χ2n) is 26.4. The van der Waals surface area contributed by atoms with Crippen molar-refractivity contribution in [3.8, 4) is 74.0 Å². The van der Waals surface area contributed by atoms with E-state index in [0.717, 1.165) is 117 Å². The predicted octanol–water partition coefficient (Wildman–Crippen LogP) is 17.9. The maximum absolute atomic E-state index is 6.46. The van der Waals surface area contributed by atoms with E-state index in [1.807, 2.05) is 122 Å². The summed E-state index contributed by atoms with van der Waals surface area (Å²) < 4.78 is 43.3. The molecule has 10 aromatic rings. The van der Waals surface area contributed by atoms with Crippen LogP contribution in [-0.2, 0) is 9.31 Å². The molecule has 3 fully saturated rings. The molecule has 472 valence electrons. The second-order valence-corrected chi connectivity index (χ2v) is 30.4. The Hall–Kier alpha value is -7.39. The summed E-state index contributed by atoms with van der Waals surface area (Å²) in [5.41, 5.74) is 15.0. The molecule has 0 atom stereocenters. The highest BCUT2D eigenvalue weighted by Crippen LogP contribution is 2.57. The predicted molar refractivity (Wildman–Crippen MR) is 394 cm³/mol. The minimum atomic E-state index is -0.410. The van der Waals surface area contributed by atoms with Crippen LogP contribution in [0.15, 0.2) is 212 Å². The van der Waals surface area contributed by atoms with Crippen LogP contribution in [0.3, 0.4) is 0 Å². The maximum Gasteiger partial charge on any atom is 0.494 e. The van der Waals surface area contributed by atoms with Gasteiger partial charge >= 0.3 is 7.12 Å². The zero-order valence-corrected chi connectivity index (χ0v) is 57.3. The molecule has 7 aliphatic rings. The lowest BCUT2D eigenvalue weighted by molar-refractivity contribution is 0.00578. The Bertz CT molecular complexity index is 4350. The number of aryl methyl sites for hydroxylation is 1. The van der Waals surface area contributed by atoms with Gasteiger partial charge in [0.15, 0.2) is 0 Å². The molecule has 5 aliphatic heterocycles. The Kier molecular flexibility index (Phi) is 18.6. The highest BCUT2D eigenvalue weighted by Gasteiger charge is 2.52. The molecule has 0 bridgehead atoms.